The van der Waals surface area contributed by atoms with Gasteiger partial charge in [-0.1, -0.05) is 12.1 Å². The van der Waals surface area contributed by atoms with Crippen LogP contribution in [0.1, 0.15) is 18.4 Å². The molecule has 22 heavy (non-hydrogen) atoms. The highest BCUT2D eigenvalue weighted by molar-refractivity contribution is 5.77. The summed E-state index contributed by atoms with van der Waals surface area (Å²) in [5, 5.41) is 2.82. The third-order valence-corrected chi connectivity index (χ3v) is 3.52. The number of amides is 1. The molecule has 2 rings (SSSR count). The van der Waals surface area contributed by atoms with Crippen molar-refractivity contribution in [1.82, 2.24) is 5.32 Å². The van der Waals surface area contributed by atoms with Crippen LogP contribution in [0.15, 0.2) is 30.9 Å². The molecule has 1 N–H and O–H groups in total. The minimum Gasteiger partial charge on any atom is -0.493 e. The van der Waals surface area contributed by atoms with E-state index in [9.17, 15) is 4.79 Å². The van der Waals surface area contributed by atoms with Gasteiger partial charge in [-0.15, -0.1) is 6.58 Å². The van der Waals surface area contributed by atoms with Crippen molar-refractivity contribution in [2.45, 2.75) is 25.4 Å². The van der Waals surface area contributed by atoms with E-state index in [-0.39, 0.29) is 18.6 Å². The summed E-state index contributed by atoms with van der Waals surface area (Å²) in [6.07, 6.45) is 4.79. The average Bonchev–Trinajstić information content (AvgIpc) is 3.05. The maximum atomic E-state index is 11.8. The summed E-state index contributed by atoms with van der Waals surface area (Å²) in [5.74, 6) is 1.02. The van der Waals surface area contributed by atoms with Gasteiger partial charge in [-0.05, 0) is 37.0 Å². The highest BCUT2D eigenvalue weighted by atomic mass is 16.5. The van der Waals surface area contributed by atoms with E-state index in [1.807, 2.05) is 24.3 Å². The maximum absolute atomic E-state index is 11.8. The Balaban J connectivity index is 1.81. The summed E-state index contributed by atoms with van der Waals surface area (Å²) >= 11 is 0. The number of methoxy groups -OCH3 is 1. The molecule has 0 radical (unpaired) electrons. The first-order valence-corrected chi connectivity index (χ1v) is 7.52. The van der Waals surface area contributed by atoms with Crippen LogP contribution in [0.25, 0.3) is 0 Å². The lowest BCUT2D eigenvalue weighted by atomic mass is 10.1. The fourth-order valence-electron chi connectivity index (χ4n) is 2.35. The van der Waals surface area contributed by atoms with E-state index in [2.05, 4.69) is 11.9 Å². The Morgan fingerprint density at radius 3 is 3.05 bits per heavy atom. The van der Waals surface area contributed by atoms with Crippen LogP contribution in [-0.4, -0.2) is 38.9 Å². The predicted molar refractivity (Wildman–Crippen MR) is 84.4 cm³/mol. The minimum absolute atomic E-state index is 0.0378. The summed E-state index contributed by atoms with van der Waals surface area (Å²) in [4.78, 5) is 11.8. The van der Waals surface area contributed by atoms with Crippen molar-refractivity contribution in [3.05, 3.63) is 36.4 Å². The number of allylic oxidation sites excluding steroid dienone is 1. The van der Waals surface area contributed by atoms with E-state index in [0.717, 1.165) is 31.4 Å². The van der Waals surface area contributed by atoms with E-state index in [4.69, 9.17) is 14.2 Å². The monoisotopic (exact) mass is 305 g/mol. The summed E-state index contributed by atoms with van der Waals surface area (Å²) in [7, 11) is 1.58. The number of nitrogens with one attached hydrogen (secondary N) is 1. The van der Waals surface area contributed by atoms with Crippen LogP contribution < -0.4 is 14.8 Å². The van der Waals surface area contributed by atoms with E-state index in [1.165, 1.54) is 0 Å². The van der Waals surface area contributed by atoms with Crippen LogP contribution >= 0.6 is 0 Å². The third kappa shape index (κ3) is 4.77. The van der Waals surface area contributed by atoms with Crippen molar-refractivity contribution in [2.24, 2.45) is 0 Å². The number of benzene rings is 1. The lowest BCUT2D eigenvalue weighted by Gasteiger charge is -2.13. The number of rotatable bonds is 8. The fourth-order valence-corrected chi connectivity index (χ4v) is 2.35. The quantitative estimate of drug-likeness (QED) is 0.747. The summed E-state index contributed by atoms with van der Waals surface area (Å²) in [6.45, 7) is 5.00. The molecule has 1 fully saturated rings. The number of hydrogen-bond acceptors (Lipinski definition) is 4. The van der Waals surface area contributed by atoms with Gasteiger partial charge in [0.1, 0.15) is 0 Å². The van der Waals surface area contributed by atoms with Crippen molar-refractivity contribution in [3.8, 4) is 11.5 Å². The molecule has 120 valence electrons. The SMILES string of the molecule is C=CCc1ccc(OCC(=O)NC[C@H]2CCCO2)c(OC)c1. The van der Waals surface area contributed by atoms with E-state index in [0.29, 0.717) is 18.0 Å². The number of carbonyl (C=O) groups excluding carboxylic acids is 1. The summed E-state index contributed by atoms with van der Waals surface area (Å²) in [5.41, 5.74) is 1.09. The Morgan fingerprint density at radius 1 is 1.50 bits per heavy atom. The van der Waals surface area contributed by atoms with Crippen LogP contribution in [-0.2, 0) is 16.0 Å². The van der Waals surface area contributed by atoms with Gasteiger partial charge in [-0.3, -0.25) is 4.79 Å². The summed E-state index contributed by atoms with van der Waals surface area (Å²) in [6, 6.07) is 5.64. The Kier molecular flexibility index (Phi) is 6.27. The molecule has 1 aliphatic heterocycles. The Labute approximate surface area is 131 Å². The summed E-state index contributed by atoms with van der Waals surface area (Å²) < 4.78 is 16.3. The Morgan fingerprint density at radius 2 is 2.36 bits per heavy atom. The van der Waals surface area contributed by atoms with Crippen LogP contribution in [0.2, 0.25) is 0 Å². The molecule has 1 atom stereocenters. The van der Waals surface area contributed by atoms with Crippen molar-refractivity contribution in [2.75, 3.05) is 26.9 Å². The molecule has 5 heteroatoms. The van der Waals surface area contributed by atoms with Crippen LogP contribution in [0, 0.1) is 0 Å². The van der Waals surface area contributed by atoms with Gasteiger partial charge in [0.25, 0.3) is 5.91 Å². The van der Waals surface area contributed by atoms with Gasteiger partial charge in [0.05, 0.1) is 13.2 Å². The zero-order chi connectivity index (χ0) is 15.8. The van der Waals surface area contributed by atoms with E-state index in [1.54, 1.807) is 7.11 Å². The van der Waals surface area contributed by atoms with Gasteiger partial charge in [0.2, 0.25) is 0 Å². The molecule has 1 aromatic rings. The van der Waals surface area contributed by atoms with Crippen LogP contribution in [0.3, 0.4) is 0 Å². The molecule has 0 aliphatic carbocycles. The number of hydrogen-bond donors (Lipinski definition) is 1. The second-order valence-electron chi connectivity index (χ2n) is 5.21. The average molecular weight is 305 g/mol. The molecule has 0 unspecified atom stereocenters. The largest absolute Gasteiger partial charge is 0.493 e. The molecule has 1 saturated heterocycles. The molecule has 1 heterocycles. The topological polar surface area (TPSA) is 56.8 Å². The zero-order valence-electron chi connectivity index (χ0n) is 13.0. The second-order valence-corrected chi connectivity index (χ2v) is 5.21. The fraction of sp³-hybridized carbons (Fsp3) is 0.471. The maximum Gasteiger partial charge on any atom is 0.258 e. The molecule has 0 spiro atoms. The third-order valence-electron chi connectivity index (χ3n) is 3.52. The minimum atomic E-state index is -0.160. The smallest absolute Gasteiger partial charge is 0.258 e. The molecule has 1 aromatic carbocycles. The van der Waals surface area contributed by atoms with Gasteiger partial charge in [0.15, 0.2) is 18.1 Å². The first kappa shape index (κ1) is 16.4. The van der Waals surface area contributed by atoms with E-state index >= 15 is 0 Å². The number of carbonyl (C=O) groups is 1. The molecule has 0 aromatic heterocycles. The Bertz CT molecular complexity index is 509. The number of ether oxygens (including phenoxy) is 3. The zero-order valence-corrected chi connectivity index (χ0v) is 13.0. The highest BCUT2D eigenvalue weighted by Gasteiger charge is 2.16. The van der Waals surface area contributed by atoms with E-state index < -0.39 is 0 Å². The normalized spacial score (nSPS) is 17.0. The van der Waals surface area contributed by atoms with Gasteiger partial charge >= 0.3 is 0 Å². The molecule has 0 bridgehead atoms. The van der Waals surface area contributed by atoms with Gasteiger partial charge < -0.3 is 19.5 Å². The lowest BCUT2D eigenvalue weighted by Crippen LogP contribution is -2.35. The molecule has 5 nitrogen and oxygen atoms in total. The predicted octanol–water partition coefficient (Wildman–Crippen LogP) is 2.10. The standard InChI is InChI=1S/C17H23NO4/c1-3-5-13-7-8-15(16(10-13)20-2)22-12-17(19)18-11-14-6-4-9-21-14/h3,7-8,10,14H,1,4-6,9,11-12H2,2H3,(H,18,19)/t14-/m1/s1. The first-order valence-electron chi connectivity index (χ1n) is 7.52. The van der Waals surface area contributed by atoms with Crippen molar-refractivity contribution < 1.29 is 19.0 Å². The molecule has 1 aliphatic rings. The van der Waals surface area contributed by atoms with Crippen LogP contribution in [0.5, 0.6) is 11.5 Å². The van der Waals surface area contributed by atoms with Gasteiger partial charge in [-0.25, -0.2) is 0 Å². The van der Waals surface area contributed by atoms with Gasteiger partial charge in [-0.2, -0.15) is 0 Å². The Hall–Kier alpha value is -2.01. The first-order chi connectivity index (χ1) is 10.7. The van der Waals surface area contributed by atoms with Crippen molar-refractivity contribution >= 4 is 5.91 Å². The molecular formula is C17H23NO4. The van der Waals surface area contributed by atoms with Gasteiger partial charge in [0, 0.05) is 13.2 Å². The molecular weight excluding hydrogens is 282 g/mol. The molecule has 0 saturated carbocycles. The molecule has 1 amide bonds. The highest BCUT2D eigenvalue weighted by Crippen LogP contribution is 2.28. The van der Waals surface area contributed by atoms with Crippen LogP contribution in [0.4, 0.5) is 0 Å². The van der Waals surface area contributed by atoms with Crippen molar-refractivity contribution in [1.29, 1.82) is 0 Å². The second kappa shape index (κ2) is 8.44. The lowest BCUT2D eigenvalue weighted by molar-refractivity contribution is -0.123. The van der Waals surface area contributed by atoms with Crippen molar-refractivity contribution in [3.63, 3.8) is 0 Å².